The Bertz CT molecular complexity index is 1100. The predicted molar refractivity (Wildman–Crippen MR) is 131 cm³/mol. The quantitative estimate of drug-likeness (QED) is 0.473. The van der Waals surface area contributed by atoms with Gasteiger partial charge >= 0.3 is 0 Å². The van der Waals surface area contributed by atoms with Crippen molar-refractivity contribution in [3.63, 3.8) is 0 Å². The zero-order valence-electron chi connectivity index (χ0n) is 19.4. The average Bonchev–Trinajstić information content (AvgIpc) is 3.38. The van der Waals surface area contributed by atoms with E-state index in [0.29, 0.717) is 30.3 Å². The van der Waals surface area contributed by atoms with E-state index in [9.17, 15) is 4.79 Å². The number of aromatic nitrogens is 1. The number of methoxy groups -OCH3 is 2. The van der Waals surface area contributed by atoms with Crippen molar-refractivity contribution < 1.29 is 23.7 Å². The first-order valence-corrected chi connectivity index (χ1v) is 12.0. The fourth-order valence-electron chi connectivity index (χ4n) is 3.62. The lowest BCUT2D eigenvalue weighted by atomic mass is 10.2. The number of rotatable bonds is 10. The highest BCUT2D eigenvalue weighted by molar-refractivity contribution is 7.13. The van der Waals surface area contributed by atoms with E-state index >= 15 is 0 Å². The maximum atomic E-state index is 12.7. The van der Waals surface area contributed by atoms with Gasteiger partial charge in [0.2, 0.25) is 0 Å². The van der Waals surface area contributed by atoms with Crippen LogP contribution in [0.4, 0.5) is 0 Å². The minimum absolute atomic E-state index is 0.221. The molecule has 0 aliphatic carbocycles. The van der Waals surface area contributed by atoms with Crippen LogP contribution in [-0.4, -0.2) is 69.5 Å². The van der Waals surface area contributed by atoms with E-state index < -0.39 is 0 Å². The summed E-state index contributed by atoms with van der Waals surface area (Å²) in [4.78, 5) is 19.5. The first-order valence-electron chi connectivity index (χ1n) is 11.1. The molecule has 1 amide bonds. The minimum atomic E-state index is -0.221. The van der Waals surface area contributed by atoms with Crippen molar-refractivity contribution in [2.75, 3.05) is 53.7 Å². The van der Waals surface area contributed by atoms with Crippen molar-refractivity contribution in [2.45, 2.75) is 6.54 Å². The molecule has 0 saturated carbocycles. The van der Waals surface area contributed by atoms with Gasteiger partial charge < -0.3 is 24.3 Å². The molecule has 1 saturated heterocycles. The number of carbonyl (C=O) groups excluding carboxylic acids is 1. The number of amides is 1. The first kappa shape index (κ1) is 24.0. The Morgan fingerprint density at radius 1 is 1.12 bits per heavy atom. The fraction of sp³-hybridized carbons (Fsp3) is 0.360. The Hall–Kier alpha value is -3.14. The van der Waals surface area contributed by atoms with Crippen LogP contribution in [0.15, 0.2) is 47.8 Å². The summed E-state index contributed by atoms with van der Waals surface area (Å²) >= 11 is 1.41. The van der Waals surface area contributed by atoms with Gasteiger partial charge in [0.1, 0.15) is 23.1 Å². The average molecular weight is 484 g/mol. The SMILES string of the molecule is COc1ccc(-c2nc(C(=O)NCc3cccc(OCCN4CCOCC4)c3)cs2)cc1OC. The number of ether oxygens (including phenoxy) is 4. The Kier molecular flexibility index (Phi) is 8.35. The van der Waals surface area contributed by atoms with E-state index in [1.807, 2.05) is 42.5 Å². The maximum absolute atomic E-state index is 12.7. The molecule has 1 aromatic heterocycles. The topological polar surface area (TPSA) is 82.2 Å². The summed E-state index contributed by atoms with van der Waals surface area (Å²) in [5.41, 5.74) is 2.21. The number of thiazole rings is 1. The van der Waals surface area contributed by atoms with Gasteiger partial charge in [-0.05, 0) is 35.9 Å². The molecular weight excluding hydrogens is 454 g/mol. The number of nitrogens with one attached hydrogen (secondary N) is 1. The third-order valence-electron chi connectivity index (χ3n) is 5.50. The van der Waals surface area contributed by atoms with Gasteiger partial charge in [-0.3, -0.25) is 9.69 Å². The summed E-state index contributed by atoms with van der Waals surface area (Å²) in [6.45, 7) is 5.33. The summed E-state index contributed by atoms with van der Waals surface area (Å²) in [5, 5.41) is 5.43. The van der Waals surface area contributed by atoms with Gasteiger partial charge in [0.15, 0.2) is 11.5 Å². The van der Waals surface area contributed by atoms with Crippen LogP contribution < -0.4 is 19.5 Å². The molecular formula is C25H29N3O5S. The molecule has 3 aromatic rings. The molecule has 9 heteroatoms. The minimum Gasteiger partial charge on any atom is -0.493 e. The van der Waals surface area contributed by atoms with Gasteiger partial charge in [0.25, 0.3) is 5.91 Å². The highest BCUT2D eigenvalue weighted by atomic mass is 32.1. The third-order valence-corrected chi connectivity index (χ3v) is 6.39. The van der Waals surface area contributed by atoms with Crippen LogP contribution in [0, 0.1) is 0 Å². The van der Waals surface area contributed by atoms with Crippen molar-refractivity contribution in [1.82, 2.24) is 15.2 Å². The van der Waals surface area contributed by atoms with Crippen molar-refractivity contribution in [1.29, 1.82) is 0 Å². The van der Waals surface area contributed by atoms with Crippen molar-refractivity contribution >= 4 is 17.2 Å². The standard InChI is InChI=1S/C25H29N3O5S/c1-30-22-7-6-19(15-23(22)31-2)25-27-21(17-34-25)24(29)26-16-18-4-3-5-20(14-18)33-13-10-28-8-11-32-12-9-28/h3-7,14-15,17H,8-13,16H2,1-2H3,(H,26,29). The Labute approximate surface area is 203 Å². The van der Waals surface area contributed by atoms with Crippen LogP contribution in [0.2, 0.25) is 0 Å². The van der Waals surface area contributed by atoms with Crippen LogP contribution >= 0.6 is 11.3 Å². The lowest BCUT2D eigenvalue weighted by Gasteiger charge is -2.26. The number of morpholine rings is 1. The molecule has 0 radical (unpaired) electrons. The molecule has 0 unspecified atom stereocenters. The highest BCUT2D eigenvalue weighted by Gasteiger charge is 2.14. The van der Waals surface area contributed by atoms with Crippen molar-refractivity contribution in [3.8, 4) is 27.8 Å². The Morgan fingerprint density at radius 3 is 2.74 bits per heavy atom. The van der Waals surface area contributed by atoms with Crippen molar-refractivity contribution in [2.24, 2.45) is 0 Å². The van der Waals surface area contributed by atoms with E-state index in [1.54, 1.807) is 19.6 Å². The second kappa shape index (κ2) is 11.8. The van der Waals surface area contributed by atoms with E-state index in [0.717, 1.165) is 54.7 Å². The summed E-state index contributed by atoms with van der Waals surface area (Å²) in [7, 11) is 3.18. The van der Waals surface area contributed by atoms with Crippen molar-refractivity contribution in [3.05, 3.63) is 59.1 Å². The molecule has 2 aromatic carbocycles. The molecule has 0 atom stereocenters. The summed E-state index contributed by atoms with van der Waals surface area (Å²) in [6.07, 6.45) is 0. The zero-order valence-corrected chi connectivity index (χ0v) is 20.2. The van der Waals surface area contributed by atoms with Gasteiger partial charge in [-0.15, -0.1) is 11.3 Å². The van der Waals surface area contributed by atoms with E-state index in [4.69, 9.17) is 18.9 Å². The fourth-order valence-corrected chi connectivity index (χ4v) is 4.41. The largest absolute Gasteiger partial charge is 0.493 e. The monoisotopic (exact) mass is 483 g/mol. The van der Waals surface area contributed by atoms with Crippen LogP contribution in [0.5, 0.6) is 17.2 Å². The van der Waals surface area contributed by atoms with Gasteiger partial charge in [-0.1, -0.05) is 12.1 Å². The normalized spacial score (nSPS) is 13.9. The number of benzene rings is 2. The molecule has 2 heterocycles. The third kappa shape index (κ3) is 6.25. The second-order valence-electron chi connectivity index (χ2n) is 7.74. The van der Waals surface area contributed by atoms with Crippen LogP contribution in [0.25, 0.3) is 10.6 Å². The predicted octanol–water partition coefficient (Wildman–Crippen LogP) is 3.47. The number of hydrogen-bond donors (Lipinski definition) is 1. The lowest BCUT2D eigenvalue weighted by Crippen LogP contribution is -2.38. The van der Waals surface area contributed by atoms with Gasteiger partial charge in [0.05, 0.1) is 27.4 Å². The van der Waals surface area contributed by atoms with E-state index in [2.05, 4.69) is 15.2 Å². The summed E-state index contributed by atoms with van der Waals surface area (Å²) in [5.74, 6) is 1.84. The highest BCUT2D eigenvalue weighted by Crippen LogP contribution is 2.33. The van der Waals surface area contributed by atoms with Crippen LogP contribution in [-0.2, 0) is 11.3 Å². The van der Waals surface area contributed by atoms with Gasteiger partial charge in [-0.2, -0.15) is 0 Å². The summed E-state index contributed by atoms with van der Waals surface area (Å²) < 4.78 is 21.9. The second-order valence-corrected chi connectivity index (χ2v) is 8.60. The van der Waals surface area contributed by atoms with Gasteiger partial charge in [-0.25, -0.2) is 4.98 Å². The maximum Gasteiger partial charge on any atom is 0.271 e. The molecule has 8 nitrogen and oxygen atoms in total. The summed E-state index contributed by atoms with van der Waals surface area (Å²) in [6, 6.07) is 13.4. The van der Waals surface area contributed by atoms with E-state index in [-0.39, 0.29) is 5.91 Å². The molecule has 0 bridgehead atoms. The van der Waals surface area contributed by atoms with Gasteiger partial charge in [0, 0.05) is 37.1 Å². The molecule has 1 fully saturated rings. The molecule has 0 spiro atoms. The molecule has 180 valence electrons. The number of nitrogens with zero attached hydrogens (tertiary/aromatic N) is 2. The zero-order chi connectivity index (χ0) is 23.8. The molecule has 4 rings (SSSR count). The molecule has 34 heavy (non-hydrogen) atoms. The first-order chi connectivity index (χ1) is 16.7. The smallest absolute Gasteiger partial charge is 0.271 e. The molecule has 1 aliphatic heterocycles. The Morgan fingerprint density at radius 2 is 1.94 bits per heavy atom. The number of hydrogen-bond acceptors (Lipinski definition) is 8. The van der Waals surface area contributed by atoms with E-state index in [1.165, 1.54) is 11.3 Å². The molecule has 1 aliphatic rings. The lowest BCUT2D eigenvalue weighted by molar-refractivity contribution is 0.0322. The molecule has 1 N–H and O–H groups in total. The van der Waals surface area contributed by atoms with Crippen LogP contribution in [0.1, 0.15) is 16.1 Å². The van der Waals surface area contributed by atoms with Crippen LogP contribution in [0.3, 0.4) is 0 Å². The Balaban J connectivity index is 1.30. The number of carbonyl (C=O) groups is 1.